The molecule has 0 aromatic heterocycles. The minimum atomic E-state index is -4.67. The maximum atomic E-state index is 8.74. The monoisotopic (exact) mass is 142 g/mol. The highest BCUT2D eigenvalue weighted by atomic mass is 32.3. The average molecular weight is 142 g/mol. The van der Waals surface area contributed by atoms with Crippen molar-refractivity contribution in [3.8, 4) is 0 Å². The fourth-order valence-corrected chi connectivity index (χ4v) is 0. The summed E-state index contributed by atoms with van der Waals surface area (Å²) >= 11 is 0. The van der Waals surface area contributed by atoms with Gasteiger partial charge in [0.15, 0.2) is 0 Å². The molecule has 0 saturated carbocycles. The Kier molecular flexibility index (Phi) is 5.66. The molecule has 0 aromatic carbocycles. The zero-order valence-electron chi connectivity index (χ0n) is 3.44. The predicted octanol–water partition coefficient (Wildman–Crippen LogP) is -1.24. The van der Waals surface area contributed by atoms with Gasteiger partial charge >= 0.3 is 16.6 Å². The van der Waals surface area contributed by atoms with E-state index in [0.717, 1.165) is 0 Å². The molecule has 0 unspecified atom stereocenters. The second-order valence-corrected chi connectivity index (χ2v) is 1.43. The summed E-state index contributed by atoms with van der Waals surface area (Å²) in [7, 11) is -4.67. The van der Waals surface area contributed by atoms with Gasteiger partial charge in [0.1, 0.15) is 0 Å². The Hall–Kier alpha value is -0.750. The van der Waals surface area contributed by atoms with Gasteiger partial charge in [0.25, 0.3) is 0 Å². The van der Waals surface area contributed by atoms with Gasteiger partial charge in [-0.3, -0.25) is 9.11 Å². The summed E-state index contributed by atoms with van der Waals surface area (Å²) in [6.45, 7) is 0. The van der Waals surface area contributed by atoms with Crippen molar-refractivity contribution >= 4 is 16.6 Å². The molecule has 0 atom stereocenters. The van der Waals surface area contributed by atoms with Gasteiger partial charge in [0.05, 0.1) is 0 Å². The van der Waals surface area contributed by atoms with E-state index in [0.29, 0.717) is 0 Å². The largest absolute Gasteiger partial charge is 0.394 e. The number of hydrogen-bond donors (Lipinski definition) is 2. The Morgan fingerprint density at radius 2 is 1.12 bits per heavy atom. The Bertz CT molecular complexity index is 149. The molecule has 7 heteroatoms. The van der Waals surface area contributed by atoms with Crippen LogP contribution in [0.25, 0.3) is 0 Å². The zero-order valence-corrected chi connectivity index (χ0v) is 4.25. The van der Waals surface area contributed by atoms with Crippen LogP contribution in [0, 0.1) is 0 Å². The molecule has 2 N–H and O–H groups in total. The van der Waals surface area contributed by atoms with Crippen LogP contribution in [0.3, 0.4) is 0 Å². The quantitative estimate of drug-likeness (QED) is 0.409. The SMILES string of the molecule is O=C=O.O=S(=O)(O)O. The fourth-order valence-electron chi connectivity index (χ4n) is 0. The highest BCUT2D eigenvalue weighted by Gasteiger charge is 1.84. The fraction of sp³-hybridized carbons (Fsp3) is 0. The van der Waals surface area contributed by atoms with E-state index in [-0.39, 0.29) is 6.15 Å². The average Bonchev–Trinajstić information content (AvgIpc) is 1.27. The van der Waals surface area contributed by atoms with Crippen LogP contribution in [0.15, 0.2) is 0 Å². The molecular weight excluding hydrogens is 140 g/mol. The van der Waals surface area contributed by atoms with Crippen molar-refractivity contribution < 1.29 is 27.1 Å². The molecule has 0 heterocycles. The van der Waals surface area contributed by atoms with Crippen LogP contribution in [0.5, 0.6) is 0 Å². The van der Waals surface area contributed by atoms with E-state index in [1.165, 1.54) is 0 Å². The molecule has 0 amide bonds. The third-order valence-electron chi connectivity index (χ3n) is 0. The van der Waals surface area contributed by atoms with Gasteiger partial charge < -0.3 is 0 Å². The second kappa shape index (κ2) is 4.41. The lowest BCUT2D eigenvalue weighted by atomic mass is 11.8. The highest BCUT2D eigenvalue weighted by molar-refractivity contribution is 7.79. The summed E-state index contributed by atoms with van der Waals surface area (Å²) in [4.78, 5) is 16.2. The Morgan fingerprint density at radius 3 is 1.12 bits per heavy atom. The van der Waals surface area contributed by atoms with Crippen molar-refractivity contribution in [2.24, 2.45) is 0 Å². The first-order chi connectivity index (χ1) is 3.41. The van der Waals surface area contributed by atoms with Crippen molar-refractivity contribution in [2.75, 3.05) is 0 Å². The highest BCUT2D eigenvalue weighted by Crippen LogP contribution is 1.59. The molecule has 0 aliphatic rings. The lowest BCUT2D eigenvalue weighted by Gasteiger charge is -1.68. The van der Waals surface area contributed by atoms with Gasteiger partial charge in [0.2, 0.25) is 0 Å². The molecule has 0 bridgehead atoms. The van der Waals surface area contributed by atoms with Crippen molar-refractivity contribution in [1.29, 1.82) is 0 Å². The van der Waals surface area contributed by atoms with Crippen LogP contribution in [0.1, 0.15) is 0 Å². The third-order valence-corrected chi connectivity index (χ3v) is 0. The van der Waals surface area contributed by atoms with E-state index in [9.17, 15) is 0 Å². The second-order valence-electron chi connectivity index (χ2n) is 0.531. The van der Waals surface area contributed by atoms with Gasteiger partial charge in [-0.05, 0) is 0 Å². The van der Waals surface area contributed by atoms with Crippen LogP contribution < -0.4 is 0 Å². The van der Waals surface area contributed by atoms with Crippen LogP contribution in [0.2, 0.25) is 0 Å². The lowest BCUT2D eigenvalue weighted by molar-refractivity contribution is -0.191. The molecular formula is CH2O6S. The predicted molar refractivity (Wildman–Crippen MR) is 19.2 cm³/mol. The van der Waals surface area contributed by atoms with Crippen molar-refractivity contribution in [3.63, 3.8) is 0 Å². The van der Waals surface area contributed by atoms with Crippen molar-refractivity contribution in [1.82, 2.24) is 0 Å². The van der Waals surface area contributed by atoms with Crippen molar-refractivity contribution in [2.45, 2.75) is 0 Å². The number of carbonyl (C=O) groups excluding carboxylic acids is 2. The standard InChI is InChI=1S/CO2.H2O4S/c2-1-3;1-5(2,3)4/h;(H2,1,2,3,4). The molecule has 0 aliphatic carbocycles. The Morgan fingerprint density at radius 1 is 1.12 bits per heavy atom. The molecule has 0 spiro atoms. The molecule has 0 aliphatic heterocycles. The summed E-state index contributed by atoms with van der Waals surface area (Å²) in [5, 5.41) is 0. The molecule has 6 nitrogen and oxygen atoms in total. The van der Waals surface area contributed by atoms with Crippen LogP contribution in [-0.4, -0.2) is 23.7 Å². The maximum Gasteiger partial charge on any atom is 0.394 e. The first-order valence-electron chi connectivity index (χ1n) is 1.11. The first-order valence-corrected chi connectivity index (χ1v) is 2.50. The minimum Gasteiger partial charge on any atom is -0.264 e. The Labute approximate surface area is 44.7 Å². The number of rotatable bonds is 0. The minimum absolute atomic E-state index is 0.250. The Balaban J connectivity index is 0. The van der Waals surface area contributed by atoms with Crippen LogP contribution >= 0.6 is 0 Å². The normalized spacial score (nSPS) is 8.25. The van der Waals surface area contributed by atoms with Gasteiger partial charge in [-0.15, -0.1) is 0 Å². The molecule has 0 aromatic rings. The molecule has 0 saturated heterocycles. The van der Waals surface area contributed by atoms with Crippen LogP contribution in [-0.2, 0) is 20.0 Å². The van der Waals surface area contributed by atoms with Crippen LogP contribution in [0.4, 0.5) is 0 Å². The summed E-state index contributed by atoms with van der Waals surface area (Å²) < 4.78 is 31.6. The summed E-state index contributed by atoms with van der Waals surface area (Å²) in [5.41, 5.74) is 0. The maximum absolute atomic E-state index is 8.74. The summed E-state index contributed by atoms with van der Waals surface area (Å²) in [5.74, 6) is 0. The van der Waals surface area contributed by atoms with E-state index < -0.39 is 10.4 Å². The lowest BCUT2D eigenvalue weighted by Crippen LogP contribution is -1.89. The smallest absolute Gasteiger partial charge is 0.264 e. The van der Waals surface area contributed by atoms with E-state index >= 15 is 0 Å². The molecule has 0 rings (SSSR count). The summed E-state index contributed by atoms with van der Waals surface area (Å²) in [6.07, 6.45) is 0.250. The van der Waals surface area contributed by atoms with E-state index in [1.54, 1.807) is 0 Å². The third kappa shape index (κ3) is 169. The topological polar surface area (TPSA) is 109 Å². The first kappa shape index (κ1) is 10.3. The zero-order chi connectivity index (χ0) is 7.21. The van der Waals surface area contributed by atoms with Gasteiger partial charge in [0, 0.05) is 0 Å². The number of hydrogen-bond acceptors (Lipinski definition) is 4. The van der Waals surface area contributed by atoms with Gasteiger partial charge in [-0.1, -0.05) is 0 Å². The summed E-state index contributed by atoms with van der Waals surface area (Å²) in [6, 6.07) is 0. The molecule has 0 fully saturated rings. The molecule has 0 radical (unpaired) electrons. The van der Waals surface area contributed by atoms with E-state index in [1.807, 2.05) is 0 Å². The van der Waals surface area contributed by atoms with E-state index in [4.69, 9.17) is 27.1 Å². The van der Waals surface area contributed by atoms with E-state index in [2.05, 4.69) is 0 Å². The van der Waals surface area contributed by atoms with Crippen molar-refractivity contribution in [3.05, 3.63) is 0 Å². The van der Waals surface area contributed by atoms with Gasteiger partial charge in [-0.25, -0.2) is 0 Å². The molecule has 8 heavy (non-hydrogen) atoms. The van der Waals surface area contributed by atoms with Gasteiger partial charge in [-0.2, -0.15) is 18.0 Å². The molecule has 48 valence electrons.